The molecule has 2 atom stereocenters. The zero-order valence-corrected chi connectivity index (χ0v) is 40.7. The predicted octanol–water partition coefficient (Wildman–Crippen LogP) is 19.3. The normalized spacial score (nSPS) is 14.2. The van der Waals surface area contributed by atoms with Gasteiger partial charge in [-0.05, 0) is 127 Å². The first-order chi connectivity index (χ1) is 36.1. The summed E-state index contributed by atoms with van der Waals surface area (Å²) in [7, 11) is 0. The van der Waals surface area contributed by atoms with Crippen LogP contribution in [-0.2, 0) is 0 Å². The van der Waals surface area contributed by atoms with Crippen LogP contribution in [0.2, 0.25) is 0 Å². The molecule has 73 heavy (non-hydrogen) atoms. The highest BCUT2D eigenvalue weighted by atomic mass is 15.1. The molecular formula is C71H52N2. The Morgan fingerprint density at radius 1 is 0.356 bits per heavy atom. The van der Waals surface area contributed by atoms with Gasteiger partial charge in [-0.3, -0.25) is 0 Å². The van der Waals surface area contributed by atoms with Gasteiger partial charge < -0.3 is 9.47 Å². The smallest absolute Gasteiger partial charge is 0.0538 e. The number of benzene rings is 11. The van der Waals surface area contributed by atoms with Gasteiger partial charge in [0, 0.05) is 51.2 Å². The SMILES string of the molecule is CC1c2c(c3ccccc3n2-c2ccccc2)C(c2cccc(N(c3ccc(-c4ccc(-c5ccccc5)cc4)cc3)c3ccc(-c4ccc(-c5cccc6ccccc56)cc4)cc3)c2)=CC1c1ccccc1. The number of nitrogens with zero attached hydrogens (tertiary/aromatic N) is 2. The van der Waals surface area contributed by atoms with Gasteiger partial charge in [0.05, 0.1) is 5.52 Å². The van der Waals surface area contributed by atoms with Crippen molar-refractivity contribution in [2.24, 2.45) is 0 Å². The molecule has 0 aliphatic heterocycles. The van der Waals surface area contributed by atoms with Gasteiger partial charge in [0.1, 0.15) is 0 Å². The molecule has 1 heterocycles. The lowest BCUT2D eigenvalue weighted by Gasteiger charge is -2.31. The van der Waals surface area contributed by atoms with Gasteiger partial charge in [0.2, 0.25) is 0 Å². The molecule has 12 aromatic rings. The number of aromatic nitrogens is 1. The van der Waals surface area contributed by atoms with Crippen molar-refractivity contribution in [1.82, 2.24) is 4.57 Å². The molecular weight excluding hydrogens is 881 g/mol. The third-order valence-electron chi connectivity index (χ3n) is 15.0. The molecule has 0 amide bonds. The van der Waals surface area contributed by atoms with Crippen LogP contribution in [-0.4, -0.2) is 4.57 Å². The fourth-order valence-electron chi connectivity index (χ4n) is 11.4. The molecule has 0 saturated heterocycles. The van der Waals surface area contributed by atoms with E-state index in [-0.39, 0.29) is 11.8 Å². The van der Waals surface area contributed by atoms with E-state index in [0.29, 0.717) is 0 Å². The van der Waals surface area contributed by atoms with Crippen molar-refractivity contribution in [3.05, 3.63) is 308 Å². The minimum Gasteiger partial charge on any atom is -0.313 e. The monoisotopic (exact) mass is 932 g/mol. The van der Waals surface area contributed by atoms with Crippen LogP contribution in [0.3, 0.4) is 0 Å². The second-order valence-electron chi connectivity index (χ2n) is 19.3. The van der Waals surface area contributed by atoms with Crippen molar-refractivity contribution in [1.29, 1.82) is 0 Å². The molecule has 11 aromatic carbocycles. The van der Waals surface area contributed by atoms with Crippen molar-refractivity contribution < 1.29 is 0 Å². The second kappa shape index (κ2) is 18.8. The van der Waals surface area contributed by atoms with Gasteiger partial charge in [-0.1, -0.05) is 237 Å². The van der Waals surface area contributed by atoms with Crippen LogP contribution >= 0.6 is 0 Å². The Labute approximate surface area is 428 Å². The van der Waals surface area contributed by atoms with Crippen LogP contribution < -0.4 is 4.90 Å². The molecule has 0 fully saturated rings. The van der Waals surface area contributed by atoms with Crippen molar-refractivity contribution in [3.8, 4) is 50.2 Å². The number of hydrogen-bond donors (Lipinski definition) is 0. The average Bonchev–Trinajstić information content (AvgIpc) is 3.82. The molecule has 0 radical (unpaired) electrons. The largest absolute Gasteiger partial charge is 0.313 e. The van der Waals surface area contributed by atoms with E-state index in [1.165, 1.54) is 99.8 Å². The summed E-state index contributed by atoms with van der Waals surface area (Å²) in [5.74, 6) is 0.382. The molecule has 0 bridgehead atoms. The summed E-state index contributed by atoms with van der Waals surface area (Å²) in [5.41, 5.74) is 21.7. The van der Waals surface area contributed by atoms with Crippen molar-refractivity contribution in [3.63, 3.8) is 0 Å². The van der Waals surface area contributed by atoms with Crippen LogP contribution in [0.5, 0.6) is 0 Å². The van der Waals surface area contributed by atoms with E-state index in [4.69, 9.17) is 0 Å². The number of fused-ring (bicyclic) bond motifs is 4. The van der Waals surface area contributed by atoms with E-state index in [1.807, 2.05) is 0 Å². The first-order valence-corrected chi connectivity index (χ1v) is 25.4. The lowest BCUT2D eigenvalue weighted by atomic mass is 9.75. The highest BCUT2D eigenvalue weighted by molar-refractivity contribution is 6.02. The summed E-state index contributed by atoms with van der Waals surface area (Å²) < 4.78 is 2.52. The molecule has 0 N–H and O–H groups in total. The minimum atomic E-state index is 0.165. The Morgan fingerprint density at radius 3 is 1.45 bits per heavy atom. The van der Waals surface area contributed by atoms with Crippen molar-refractivity contribution in [2.45, 2.75) is 18.8 Å². The summed E-state index contributed by atoms with van der Waals surface area (Å²) in [6.07, 6.45) is 2.55. The van der Waals surface area contributed by atoms with Gasteiger partial charge in [-0.25, -0.2) is 0 Å². The van der Waals surface area contributed by atoms with Gasteiger partial charge >= 0.3 is 0 Å². The van der Waals surface area contributed by atoms with Crippen LogP contribution in [0.4, 0.5) is 17.1 Å². The second-order valence-corrected chi connectivity index (χ2v) is 19.3. The highest BCUT2D eigenvalue weighted by Gasteiger charge is 2.34. The number of para-hydroxylation sites is 2. The molecule has 2 unspecified atom stereocenters. The molecule has 1 aromatic heterocycles. The molecule has 0 saturated carbocycles. The van der Waals surface area contributed by atoms with Crippen molar-refractivity contribution in [2.75, 3.05) is 4.90 Å². The molecule has 2 heteroatoms. The maximum atomic E-state index is 2.55. The van der Waals surface area contributed by atoms with Crippen LogP contribution in [0, 0.1) is 0 Å². The summed E-state index contributed by atoms with van der Waals surface area (Å²) in [6, 6.07) is 102. The topological polar surface area (TPSA) is 8.17 Å². The number of hydrogen-bond acceptors (Lipinski definition) is 1. The third-order valence-corrected chi connectivity index (χ3v) is 15.0. The van der Waals surface area contributed by atoms with Crippen LogP contribution in [0.25, 0.3) is 77.4 Å². The average molecular weight is 933 g/mol. The quantitative estimate of drug-likeness (QED) is 0.133. The van der Waals surface area contributed by atoms with E-state index in [9.17, 15) is 0 Å². The maximum Gasteiger partial charge on any atom is 0.0538 e. The molecule has 346 valence electrons. The summed E-state index contributed by atoms with van der Waals surface area (Å²) in [5, 5.41) is 3.79. The van der Waals surface area contributed by atoms with Crippen molar-refractivity contribution >= 4 is 44.3 Å². The first-order valence-electron chi connectivity index (χ1n) is 25.4. The Balaban J connectivity index is 0.916. The van der Waals surface area contributed by atoms with E-state index >= 15 is 0 Å². The number of anilines is 3. The summed E-state index contributed by atoms with van der Waals surface area (Å²) in [6.45, 7) is 2.41. The van der Waals surface area contributed by atoms with E-state index in [0.717, 1.165) is 17.1 Å². The van der Waals surface area contributed by atoms with Gasteiger partial charge in [0.15, 0.2) is 0 Å². The summed E-state index contributed by atoms with van der Waals surface area (Å²) in [4.78, 5) is 2.41. The van der Waals surface area contributed by atoms with Crippen LogP contribution in [0.1, 0.15) is 41.1 Å². The lowest BCUT2D eigenvalue weighted by molar-refractivity contribution is 0.637. The fourth-order valence-corrected chi connectivity index (χ4v) is 11.4. The van der Waals surface area contributed by atoms with Gasteiger partial charge in [-0.2, -0.15) is 0 Å². The molecule has 1 aliphatic carbocycles. The zero-order chi connectivity index (χ0) is 48.7. The molecule has 0 spiro atoms. The van der Waals surface area contributed by atoms with Gasteiger partial charge in [0.25, 0.3) is 0 Å². The first kappa shape index (κ1) is 43.8. The lowest BCUT2D eigenvalue weighted by Crippen LogP contribution is -2.17. The molecule has 13 rings (SSSR count). The Morgan fingerprint density at radius 2 is 0.822 bits per heavy atom. The molecule has 2 nitrogen and oxygen atoms in total. The zero-order valence-electron chi connectivity index (χ0n) is 40.7. The number of allylic oxidation sites excluding steroid dienone is 1. The Hall–Kier alpha value is -9.24. The highest BCUT2D eigenvalue weighted by Crippen LogP contribution is 2.51. The standard InChI is InChI=1S/C71H52N2/c1-49-67(57-19-7-3-8-20-57)48-68(70-66-28-13-14-30-69(66)73(71(49)70)60-24-9-4-10-25-60)59-23-15-26-63(47-59)72(61-43-39-54(40-44-61)52-33-31-51(32-34-52)50-17-5-2-6-18-50)62-45-41-55(42-46-62)53-35-37-58(38-36-53)65-29-16-22-56-21-11-12-27-64(56)65/h2-49,67H,1H3. The Kier molecular flexibility index (Phi) is 11.3. The van der Waals surface area contributed by atoms with E-state index in [1.54, 1.807) is 0 Å². The maximum absolute atomic E-state index is 2.55. The predicted molar refractivity (Wildman–Crippen MR) is 308 cm³/mol. The fraction of sp³-hybridized carbons (Fsp3) is 0.0423. The third kappa shape index (κ3) is 8.14. The van der Waals surface area contributed by atoms with E-state index in [2.05, 4.69) is 302 Å². The number of rotatable bonds is 10. The molecule has 1 aliphatic rings. The van der Waals surface area contributed by atoms with Gasteiger partial charge in [-0.15, -0.1) is 0 Å². The minimum absolute atomic E-state index is 0.165. The summed E-state index contributed by atoms with van der Waals surface area (Å²) >= 11 is 0. The van der Waals surface area contributed by atoms with Crippen LogP contribution in [0.15, 0.2) is 285 Å². The van der Waals surface area contributed by atoms with E-state index < -0.39 is 0 Å². The Bertz CT molecular complexity index is 3920.